The van der Waals surface area contributed by atoms with Gasteiger partial charge in [0.25, 0.3) is 5.91 Å². The number of nitrogens with zero attached hydrogens (tertiary/aromatic N) is 3. The Labute approximate surface area is 187 Å². The minimum Gasteiger partial charge on any atom is -0.378 e. The lowest BCUT2D eigenvalue weighted by atomic mass is 10.1. The van der Waals surface area contributed by atoms with Crippen molar-refractivity contribution in [2.75, 3.05) is 26.3 Å². The number of morpholine rings is 1. The van der Waals surface area contributed by atoms with Crippen LogP contribution in [-0.2, 0) is 21.8 Å². The topological polar surface area (TPSA) is 93.5 Å². The lowest BCUT2D eigenvalue weighted by Gasteiger charge is -2.26. The Bertz CT molecular complexity index is 1030. The summed E-state index contributed by atoms with van der Waals surface area (Å²) in [5.41, 5.74) is 1.36. The molecular formula is C21H30N4O4S2. The molecule has 1 aliphatic carbocycles. The third kappa shape index (κ3) is 5.02. The first kappa shape index (κ1) is 22.4. The van der Waals surface area contributed by atoms with E-state index in [0.717, 1.165) is 25.7 Å². The highest BCUT2D eigenvalue weighted by atomic mass is 32.2. The maximum absolute atomic E-state index is 13.0. The Balaban J connectivity index is 1.55. The molecular weight excluding hydrogens is 436 g/mol. The first-order chi connectivity index (χ1) is 14.8. The van der Waals surface area contributed by atoms with E-state index in [-0.39, 0.29) is 16.8 Å². The van der Waals surface area contributed by atoms with Crippen molar-refractivity contribution in [1.82, 2.24) is 19.2 Å². The molecule has 1 saturated carbocycles. The minimum absolute atomic E-state index is 0.00369. The van der Waals surface area contributed by atoms with Crippen LogP contribution in [0.2, 0.25) is 0 Å². The number of ether oxygens (including phenoxy) is 1. The van der Waals surface area contributed by atoms with Crippen LogP contribution in [-0.4, -0.2) is 61.1 Å². The number of rotatable bonds is 5. The van der Waals surface area contributed by atoms with Gasteiger partial charge in [0.15, 0.2) is 0 Å². The number of aromatic nitrogens is 2. The van der Waals surface area contributed by atoms with E-state index in [9.17, 15) is 13.2 Å². The van der Waals surface area contributed by atoms with Crippen molar-refractivity contribution < 1.29 is 17.9 Å². The van der Waals surface area contributed by atoms with Crippen molar-refractivity contribution in [2.45, 2.75) is 56.4 Å². The third-order valence-corrected chi connectivity index (χ3v) is 8.63. The van der Waals surface area contributed by atoms with Crippen LogP contribution < -0.4 is 4.72 Å². The largest absolute Gasteiger partial charge is 0.378 e. The number of hydrogen-bond acceptors (Lipinski definition) is 6. The van der Waals surface area contributed by atoms with Gasteiger partial charge in [0.2, 0.25) is 10.0 Å². The van der Waals surface area contributed by atoms with E-state index in [4.69, 9.17) is 4.74 Å². The Kier molecular flexibility index (Phi) is 6.80. The van der Waals surface area contributed by atoms with Gasteiger partial charge < -0.3 is 14.2 Å². The van der Waals surface area contributed by atoms with Crippen LogP contribution in [0.3, 0.4) is 0 Å². The number of nitrogens with one attached hydrogen (secondary N) is 1. The van der Waals surface area contributed by atoms with Crippen LogP contribution in [0.15, 0.2) is 17.2 Å². The van der Waals surface area contributed by atoms with Crippen molar-refractivity contribution >= 4 is 27.3 Å². The van der Waals surface area contributed by atoms with Crippen molar-refractivity contribution in [1.29, 1.82) is 0 Å². The van der Waals surface area contributed by atoms with Gasteiger partial charge in [-0.25, -0.2) is 18.1 Å². The van der Waals surface area contributed by atoms with Crippen LogP contribution in [0.1, 0.15) is 53.9 Å². The third-order valence-electron chi connectivity index (χ3n) is 5.98. The summed E-state index contributed by atoms with van der Waals surface area (Å²) in [7, 11) is -1.80. The van der Waals surface area contributed by atoms with Crippen molar-refractivity contribution in [2.24, 2.45) is 7.05 Å². The van der Waals surface area contributed by atoms with Crippen LogP contribution in [0.25, 0.3) is 10.7 Å². The number of carbonyl (C=O) groups is 1. The summed E-state index contributed by atoms with van der Waals surface area (Å²) in [6.45, 7) is 4.06. The zero-order valence-corrected chi connectivity index (χ0v) is 19.7. The second-order valence-electron chi connectivity index (χ2n) is 8.32. The van der Waals surface area contributed by atoms with Gasteiger partial charge in [0.1, 0.15) is 14.8 Å². The van der Waals surface area contributed by atoms with Crippen molar-refractivity contribution in [3.05, 3.63) is 22.8 Å². The Hall–Kier alpha value is -1.75. The van der Waals surface area contributed by atoms with Crippen LogP contribution in [0.5, 0.6) is 0 Å². The van der Waals surface area contributed by atoms with Gasteiger partial charge in [-0.2, -0.15) is 0 Å². The predicted molar refractivity (Wildman–Crippen MR) is 120 cm³/mol. The molecule has 8 nitrogen and oxygen atoms in total. The number of thiazole rings is 1. The lowest BCUT2D eigenvalue weighted by molar-refractivity contribution is 0.0305. The molecule has 0 radical (unpaired) electrons. The first-order valence-electron chi connectivity index (χ1n) is 10.9. The molecule has 0 bridgehead atoms. The number of aryl methyl sites for hydroxylation is 2. The maximum Gasteiger partial charge on any atom is 0.266 e. The summed E-state index contributed by atoms with van der Waals surface area (Å²) in [6.07, 6.45) is 7.85. The predicted octanol–water partition coefficient (Wildman–Crippen LogP) is 2.93. The molecule has 2 aromatic heterocycles. The van der Waals surface area contributed by atoms with E-state index >= 15 is 0 Å². The SMILES string of the molecule is Cc1nc(-c2cc(S(=O)(=O)NC3CCCCCC3)cn2C)sc1C(=O)N1CCOCC1. The van der Waals surface area contributed by atoms with E-state index < -0.39 is 10.0 Å². The summed E-state index contributed by atoms with van der Waals surface area (Å²) in [5, 5.41) is 0.646. The summed E-state index contributed by atoms with van der Waals surface area (Å²) in [4.78, 5) is 20.1. The average Bonchev–Trinajstić information content (AvgIpc) is 3.23. The van der Waals surface area contributed by atoms with Crippen LogP contribution in [0.4, 0.5) is 0 Å². The fourth-order valence-electron chi connectivity index (χ4n) is 4.19. The Morgan fingerprint density at radius 3 is 2.55 bits per heavy atom. The molecule has 170 valence electrons. The lowest BCUT2D eigenvalue weighted by Crippen LogP contribution is -2.40. The van der Waals surface area contributed by atoms with E-state index in [2.05, 4.69) is 9.71 Å². The summed E-state index contributed by atoms with van der Waals surface area (Å²) in [6, 6.07) is 1.65. The molecule has 1 aliphatic heterocycles. The van der Waals surface area contributed by atoms with Crippen molar-refractivity contribution in [3.63, 3.8) is 0 Å². The molecule has 0 unspecified atom stereocenters. The van der Waals surface area contributed by atoms with E-state index in [1.165, 1.54) is 24.2 Å². The summed E-state index contributed by atoms with van der Waals surface area (Å²) < 4.78 is 36.0. The molecule has 0 aromatic carbocycles. The molecule has 1 amide bonds. The zero-order chi connectivity index (χ0) is 22.0. The second kappa shape index (κ2) is 9.40. The zero-order valence-electron chi connectivity index (χ0n) is 18.1. The highest BCUT2D eigenvalue weighted by Gasteiger charge is 2.26. The number of amides is 1. The number of sulfonamides is 1. The molecule has 3 heterocycles. The highest BCUT2D eigenvalue weighted by Crippen LogP contribution is 2.31. The van der Waals surface area contributed by atoms with Gasteiger partial charge in [-0.15, -0.1) is 11.3 Å². The van der Waals surface area contributed by atoms with Gasteiger partial charge in [-0.3, -0.25) is 4.79 Å². The minimum atomic E-state index is -3.61. The first-order valence-corrected chi connectivity index (χ1v) is 13.2. The summed E-state index contributed by atoms with van der Waals surface area (Å²) in [5.74, 6) is -0.0402. The van der Waals surface area contributed by atoms with Gasteiger partial charge in [-0.1, -0.05) is 25.7 Å². The normalized spacial score (nSPS) is 18.8. The molecule has 0 spiro atoms. The number of carbonyl (C=O) groups excluding carboxylic acids is 1. The summed E-state index contributed by atoms with van der Waals surface area (Å²) >= 11 is 1.31. The maximum atomic E-state index is 13.0. The number of hydrogen-bond donors (Lipinski definition) is 1. The van der Waals surface area contributed by atoms with Gasteiger partial charge in [-0.05, 0) is 25.8 Å². The highest BCUT2D eigenvalue weighted by molar-refractivity contribution is 7.89. The molecule has 4 rings (SSSR count). The fourth-order valence-corrected chi connectivity index (χ4v) is 6.66. The van der Waals surface area contributed by atoms with Gasteiger partial charge in [0.05, 0.1) is 24.6 Å². The van der Waals surface area contributed by atoms with Crippen molar-refractivity contribution in [3.8, 4) is 10.7 Å². The molecule has 2 aromatic rings. The molecule has 2 fully saturated rings. The Morgan fingerprint density at radius 1 is 1.19 bits per heavy atom. The molecule has 1 N–H and O–H groups in total. The standard InChI is InChI=1S/C21H30N4O4S2/c1-15-19(21(26)25-9-11-29-12-10-25)30-20(22-15)18-13-17(14-24(18)2)31(27,28)23-16-7-5-3-4-6-8-16/h13-14,16,23H,3-12H2,1-2H3. The van der Waals surface area contributed by atoms with E-state index in [1.807, 2.05) is 6.92 Å². The van der Waals surface area contributed by atoms with E-state index in [0.29, 0.717) is 47.6 Å². The second-order valence-corrected chi connectivity index (χ2v) is 11.0. The molecule has 2 aliphatic rings. The molecule has 0 atom stereocenters. The fraction of sp³-hybridized carbons (Fsp3) is 0.619. The molecule has 10 heteroatoms. The van der Waals surface area contributed by atoms with Gasteiger partial charge >= 0.3 is 0 Å². The van der Waals surface area contributed by atoms with Gasteiger partial charge in [0, 0.05) is 32.4 Å². The molecule has 1 saturated heterocycles. The quantitative estimate of drug-likeness (QED) is 0.684. The monoisotopic (exact) mass is 466 g/mol. The smallest absolute Gasteiger partial charge is 0.266 e. The Morgan fingerprint density at radius 2 is 1.87 bits per heavy atom. The molecule has 31 heavy (non-hydrogen) atoms. The van der Waals surface area contributed by atoms with E-state index in [1.54, 1.807) is 28.8 Å². The van der Waals surface area contributed by atoms with Crippen LogP contribution >= 0.6 is 11.3 Å². The average molecular weight is 467 g/mol. The van der Waals surface area contributed by atoms with Crippen LogP contribution in [0, 0.1) is 6.92 Å².